The number of nitrogens with one attached hydrogen (secondary N) is 2. The fourth-order valence-electron chi connectivity index (χ4n) is 5.99. The van der Waals surface area contributed by atoms with E-state index < -0.39 is 29.6 Å². The Hall–Kier alpha value is -2.95. The van der Waals surface area contributed by atoms with Crippen LogP contribution in [0.4, 0.5) is 5.69 Å². The van der Waals surface area contributed by atoms with Gasteiger partial charge in [-0.05, 0) is 43.2 Å². The number of rotatable bonds is 9. The SMILES string of the molecule is CCOc1ccc(NC(=O)[C@H]2[C@@H]3OC4(CC3Br)C(C(=O)NCc3ccccc3)N(CCO)C(=O)[C@H]24)cc1. The lowest BCUT2D eigenvalue weighted by Crippen LogP contribution is -2.56. The summed E-state index contributed by atoms with van der Waals surface area (Å²) in [5.41, 5.74) is 0.337. The number of aliphatic hydroxyl groups excluding tert-OH is 1. The minimum absolute atomic E-state index is 0.0191. The maximum absolute atomic E-state index is 13.7. The number of hydrogen-bond acceptors (Lipinski definition) is 6. The Balaban J connectivity index is 1.40. The Morgan fingerprint density at radius 3 is 2.57 bits per heavy atom. The number of aliphatic hydroxyl groups is 1. The molecule has 2 aromatic carbocycles. The smallest absolute Gasteiger partial charge is 0.246 e. The molecule has 3 aliphatic rings. The van der Waals surface area contributed by atoms with Crippen molar-refractivity contribution in [2.45, 2.75) is 42.5 Å². The monoisotopic (exact) mass is 571 g/mol. The van der Waals surface area contributed by atoms with E-state index in [9.17, 15) is 19.5 Å². The van der Waals surface area contributed by atoms with Gasteiger partial charge < -0.3 is 30.1 Å². The number of carbonyl (C=O) groups excluding carboxylic acids is 3. The van der Waals surface area contributed by atoms with E-state index >= 15 is 0 Å². The van der Waals surface area contributed by atoms with E-state index in [1.54, 1.807) is 24.3 Å². The fourth-order valence-corrected chi connectivity index (χ4v) is 6.93. The molecule has 196 valence electrons. The van der Waals surface area contributed by atoms with E-state index in [2.05, 4.69) is 26.6 Å². The molecule has 3 fully saturated rings. The molecule has 3 N–H and O–H groups in total. The second-order valence-electron chi connectivity index (χ2n) is 9.57. The Kier molecular flexibility index (Phi) is 7.24. The van der Waals surface area contributed by atoms with Gasteiger partial charge in [0.2, 0.25) is 17.7 Å². The van der Waals surface area contributed by atoms with Crippen molar-refractivity contribution in [2.75, 3.05) is 25.1 Å². The first kappa shape index (κ1) is 25.7. The van der Waals surface area contributed by atoms with Crippen LogP contribution in [0.2, 0.25) is 0 Å². The quantitative estimate of drug-likeness (QED) is 0.397. The van der Waals surface area contributed by atoms with Crippen molar-refractivity contribution in [2.24, 2.45) is 11.8 Å². The summed E-state index contributed by atoms with van der Waals surface area (Å²) in [4.78, 5) is 41.9. The van der Waals surface area contributed by atoms with Gasteiger partial charge >= 0.3 is 0 Å². The van der Waals surface area contributed by atoms with Crippen LogP contribution in [0.25, 0.3) is 0 Å². The summed E-state index contributed by atoms with van der Waals surface area (Å²) in [7, 11) is 0. The number of halogens is 1. The highest BCUT2D eigenvalue weighted by Crippen LogP contribution is 2.60. The number of carbonyl (C=O) groups is 3. The van der Waals surface area contributed by atoms with Crippen LogP contribution in [0.15, 0.2) is 54.6 Å². The second kappa shape index (κ2) is 10.4. The first-order chi connectivity index (χ1) is 17.9. The van der Waals surface area contributed by atoms with E-state index in [1.165, 1.54) is 4.90 Å². The van der Waals surface area contributed by atoms with Crippen LogP contribution >= 0.6 is 15.9 Å². The van der Waals surface area contributed by atoms with Crippen LogP contribution in [0.3, 0.4) is 0 Å². The summed E-state index contributed by atoms with van der Waals surface area (Å²) < 4.78 is 11.9. The maximum atomic E-state index is 13.7. The highest BCUT2D eigenvalue weighted by Gasteiger charge is 2.76. The minimum Gasteiger partial charge on any atom is -0.494 e. The summed E-state index contributed by atoms with van der Waals surface area (Å²) >= 11 is 3.65. The third-order valence-electron chi connectivity index (χ3n) is 7.42. The molecule has 2 bridgehead atoms. The minimum atomic E-state index is -1.16. The van der Waals surface area contributed by atoms with Crippen LogP contribution in [0, 0.1) is 11.8 Å². The molecule has 0 radical (unpaired) electrons. The van der Waals surface area contributed by atoms with Gasteiger partial charge in [-0.2, -0.15) is 0 Å². The van der Waals surface area contributed by atoms with Gasteiger partial charge in [0.05, 0.1) is 31.2 Å². The molecule has 1 spiro atoms. The maximum Gasteiger partial charge on any atom is 0.246 e. The predicted molar refractivity (Wildman–Crippen MR) is 139 cm³/mol. The van der Waals surface area contributed by atoms with Gasteiger partial charge in [0, 0.05) is 23.6 Å². The standard InChI is InChI=1S/C27H30BrN3O6/c1-2-36-18-10-8-17(9-11-18)30-24(33)20-21-26(35)31(12-13-32)23(27(21)14-19(28)22(20)37-27)25(34)29-15-16-6-4-3-5-7-16/h3-11,19-23,32H,2,12-15H2,1H3,(H,29,34)(H,30,33)/t19?,20-,21+,22-,23?,27?/m1/s1. The number of amides is 3. The third-order valence-corrected chi connectivity index (χ3v) is 8.27. The first-order valence-corrected chi connectivity index (χ1v) is 13.4. The number of hydrogen-bond donors (Lipinski definition) is 3. The molecule has 9 nitrogen and oxygen atoms in total. The van der Waals surface area contributed by atoms with Crippen molar-refractivity contribution in [3.63, 3.8) is 0 Å². The molecule has 3 heterocycles. The summed E-state index contributed by atoms with van der Waals surface area (Å²) in [6.07, 6.45) is -0.149. The van der Waals surface area contributed by atoms with Crippen molar-refractivity contribution in [3.8, 4) is 5.75 Å². The summed E-state index contributed by atoms with van der Waals surface area (Å²) in [6.45, 7) is 2.40. The Bertz CT molecular complexity index is 1160. The fraction of sp³-hybridized carbons (Fsp3) is 0.444. The van der Waals surface area contributed by atoms with Gasteiger partial charge in [-0.25, -0.2) is 0 Å². The van der Waals surface area contributed by atoms with Crippen LogP contribution in [-0.2, 0) is 25.7 Å². The van der Waals surface area contributed by atoms with Crippen LogP contribution < -0.4 is 15.4 Å². The molecule has 3 amide bonds. The molecule has 0 saturated carbocycles. The van der Waals surface area contributed by atoms with Gasteiger partial charge in [0.1, 0.15) is 17.4 Å². The van der Waals surface area contributed by atoms with Crippen molar-refractivity contribution in [1.82, 2.24) is 10.2 Å². The average Bonchev–Trinajstić information content (AvgIpc) is 3.48. The number of alkyl halides is 1. The molecule has 5 rings (SSSR count). The molecule has 10 heteroatoms. The number of nitrogens with zero attached hydrogens (tertiary/aromatic N) is 1. The average molecular weight is 572 g/mol. The molecular weight excluding hydrogens is 542 g/mol. The van der Waals surface area contributed by atoms with Gasteiger partial charge in [-0.3, -0.25) is 14.4 Å². The first-order valence-electron chi connectivity index (χ1n) is 12.5. The highest BCUT2D eigenvalue weighted by atomic mass is 79.9. The number of fused-ring (bicyclic) bond motifs is 1. The van der Waals surface area contributed by atoms with Gasteiger partial charge in [-0.1, -0.05) is 46.3 Å². The molecule has 3 unspecified atom stereocenters. The number of benzene rings is 2. The summed E-state index contributed by atoms with van der Waals surface area (Å²) in [5.74, 6) is -1.96. The van der Waals surface area contributed by atoms with Crippen LogP contribution in [0.1, 0.15) is 18.9 Å². The number of ether oxygens (including phenoxy) is 2. The lowest BCUT2D eigenvalue weighted by molar-refractivity contribution is -0.142. The lowest BCUT2D eigenvalue weighted by Gasteiger charge is -2.34. The molecule has 37 heavy (non-hydrogen) atoms. The molecule has 0 aromatic heterocycles. The van der Waals surface area contributed by atoms with E-state index in [-0.39, 0.29) is 35.7 Å². The highest BCUT2D eigenvalue weighted by molar-refractivity contribution is 9.09. The molecule has 2 aromatic rings. The zero-order valence-electron chi connectivity index (χ0n) is 20.4. The summed E-state index contributed by atoms with van der Waals surface area (Å²) in [6, 6.07) is 15.5. The van der Waals surface area contributed by atoms with Gasteiger partial charge in [0.25, 0.3) is 0 Å². The number of anilines is 1. The number of likely N-dealkylation sites (tertiary alicyclic amines) is 1. The normalized spacial score (nSPS) is 29.8. The van der Waals surface area contributed by atoms with Crippen molar-refractivity contribution >= 4 is 39.3 Å². The predicted octanol–water partition coefficient (Wildman–Crippen LogP) is 2.08. The Morgan fingerprint density at radius 1 is 1.16 bits per heavy atom. The van der Waals surface area contributed by atoms with Crippen molar-refractivity contribution in [3.05, 3.63) is 60.2 Å². The molecule has 3 saturated heterocycles. The van der Waals surface area contributed by atoms with E-state index in [1.807, 2.05) is 37.3 Å². The molecular formula is C27H30BrN3O6. The lowest BCUT2D eigenvalue weighted by atomic mass is 9.70. The van der Waals surface area contributed by atoms with Crippen molar-refractivity contribution < 1.29 is 29.0 Å². The van der Waals surface area contributed by atoms with Crippen molar-refractivity contribution in [1.29, 1.82) is 0 Å². The van der Waals surface area contributed by atoms with Gasteiger partial charge in [0.15, 0.2) is 0 Å². The zero-order chi connectivity index (χ0) is 26.2. The second-order valence-corrected chi connectivity index (χ2v) is 10.7. The molecule has 6 atom stereocenters. The van der Waals surface area contributed by atoms with Crippen LogP contribution in [-0.4, -0.2) is 70.1 Å². The van der Waals surface area contributed by atoms with E-state index in [4.69, 9.17) is 9.47 Å². The summed E-state index contributed by atoms with van der Waals surface area (Å²) in [5, 5.41) is 15.5. The third kappa shape index (κ3) is 4.51. The van der Waals surface area contributed by atoms with Gasteiger partial charge in [-0.15, -0.1) is 0 Å². The topological polar surface area (TPSA) is 117 Å². The molecule has 3 aliphatic heterocycles. The van der Waals surface area contributed by atoms with Crippen LogP contribution in [0.5, 0.6) is 5.75 Å². The zero-order valence-corrected chi connectivity index (χ0v) is 22.0. The Morgan fingerprint density at radius 2 is 1.89 bits per heavy atom. The number of β-amino-alcohol motifs (C(OH)–C–C–N with tert-alkyl or cyclic N) is 1. The van der Waals surface area contributed by atoms with E-state index in [0.29, 0.717) is 31.0 Å². The van der Waals surface area contributed by atoms with E-state index in [0.717, 1.165) is 5.56 Å². The Labute approximate surface area is 223 Å². The molecule has 0 aliphatic carbocycles. The largest absolute Gasteiger partial charge is 0.494 e.